The summed E-state index contributed by atoms with van der Waals surface area (Å²) in [5.74, 6) is 0. The Kier molecular flexibility index (Phi) is 5.61. The van der Waals surface area contributed by atoms with Crippen molar-refractivity contribution in [1.29, 1.82) is 0 Å². The van der Waals surface area contributed by atoms with Gasteiger partial charge in [0.25, 0.3) is 0 Å². The van der Waals surface area contributed by atoms with Crippen LogP contribution in [0.4, 0.5) is 0 Å². The van der Waals surface area contributed by atoms with Crippen molar-refractivity contribution in [3.05, 3.63) is 71.7 Å². The van der Waals surface area contributed by atoms with E-state index < -0.39 is 0 Å². The number of fused-ring (bicyclic) bond motifs is 1. The molecule has 0 atom stereocenters. The molecule has 0 heterocycles. The molecule has 0 unspecified atom stereocenters. The third-order valence-corrected chi connectivity index (χ3v) is 2.98. The van der Waals surface area contributed by atoms with Gasteiger partial charge in [-0.1, -0.05) is 60.2 Å². The van der Waals surface area contributed by atoms with Crippen LogP contribution in [0, 0.1) is 6.42 Å². The molecule has 0 nitrogen and oxygen atoms in total. The predicted octanol–water partition coefficient (Wildman–Crippen LogP) is 5.59. The van der Waals surface area contributed by atoms with E-state index in [1.165, 1.54) is 27.8 Å². The molecule has 3 rings (SSSR count). The summed E-state index contributed by atoms with van der Waals surface area (Å²) < 4.78 is 2.06. The third kappa shape index (κ3) is 3.68. The quantitative estimate of drug-likeness (QED) is 0.631. The summed E-state index contributed by atoms with van der Waals surface area (Å²) in [4.78, 5) is 0. The van der Waals surface area contributed by atoms with E-state index in [0.717, 1.165) is 0 Å². The first-order chi connectivity index (χ1) is 9.26. The maximum atomic E-state index is 5.17. The molecule has 0 saturated carbocycles. The van der Waals surface area contributed by atoms with Crippen LogP contribution in [-0.2, 0) is 22.0 Å². The van der Waals surface area contributed by atoms with E-state index >= 15 is 0 Å². The molecule has 2 aromatic carbocycles. The first kappa shape index (κ1) is 14.8. The van der Waals surface area contributed by atoms with Gasteiger partial charge in [0.05, 0.1) is 0 Å². The Hall–Kier alpha value is -0.647. The number of allylic oxidation sites excluding steroid dienone is 1. The van der Waals surface area contributed by atoms with E-state index in [9.17, 15) is 0 Å². The Morgan fingerprint density at radius 3 is 2.32 bits per heavy atom. The summed E-state index contributed by atoms with van der Waals surface area (Å²) in [5, 5.41) is 0. The molecule has 1 radical (unpaired) electrons. The van der Waals surface area contributed by atoms with Crippen molar-refractivity contribution < 1.29 is 22.0 Å². The average molecular weight is 347 g/mol. The maximum absolute atomic E-state index is 5.17. The summed E-state index contributed by atoms with van der Waals surface area (Å²) in [6, 6.07) is 17.1. The van der Waals surface area contributed by atoms with Gasteiger partial charge in [0, 0.05) is 6.42 Å². The average Bonchev–Trinajstić information content (AvgIpc) is 2.80. The van der Waals surface area contributed by atoms with Gasteiger partial charge in [0.2, 0.25) is 0 Å². The summed E-state index contributed by atoms with van der Waals surface area (Å²) in [5.41, 5.74) is 6.63. The second kappa shape index (κ2) is 7.22. The molecule has 0 spiro atoms. The molecule has 0 N–H and O–H groups in total. The predicted molar refractivity (Wildman–Crippen MR) is 80.6 cm³/mol. The minimum atomic E-state index is -0.298. The molecule has 1 aliphatic carbocycles. The van der Waals surface area contributed by atoms with E-state index in [-0.39, 0.29) is 22.0 Å². The summed E-state index contributed by atoms with van der Waals surface area (Å²) in [7, 11) is 5.17. The molecule has 0 fully saturated rings. The third-order valence-electron chi connectivity index (χ3n) is 2.98. The van der Waals surface area contributed by atoms with Gasteiger partial charge >= 0.3 is 35.2 Å². The zero-order valence-electron chi connectivity index (χ0n) is 11.2. The molecular formula is C17H16ClZr. The SMILES string of the molecule is CC1=Cc2c(cccc2-c2ccccc2)[CH]1.[CH3][Zr][Cl]. The van der Waals surface area contributed by atoms with Crippen LogP contribution in [0.2, 0.25) is 4.63 Å². The molecule has 95 valence electrons. The molecular weight excluding hydrogens is 331 g/mol. The zero-order valence-corrected chi connectivity index (χ0v) is 14.4. The fourth-order valence-electron chi connectivity index (χ4n) is 2.25. The van der Waals surface area contributed by atoms with E-state index in [2.05, 4.69) is 72.6 Å². The molecule has 19 heavy (non-hydrogen) atoms. The molecule has 0 bridgehead atoms. The molecule has 0 amide bonds. The van der Waals surface area contributed by atoms with Crippen molar-refractivity contribution in [2.24, 2.45) is 0 Å². The van der Waals surface area contributed by atoms with Gasteiger partial charge < -0.3 is 0 Å². The van der Waals surface area contributed by atoms with Gasteiger partial charge in [0.15, 0.2) is 0 Å². The Balaban J connectivity index is 0.000000408. The van der Waals surface area contributed by atoms with E-state index in [4.69, 9.17) is 8.51 Å². The van der Waals surface area contributed by atoms with Crippen LogP contribution in [0.1, 0.15) is 18.1 Å². The second-order valence-corrected chi connectivity index (χ2v) is 7.56. The molecule has 0 aliphatic heterocycles. The first-order valence-electron chi connectivity index (χ1n) is 6.25. The molecule has 2 heteroatoms. The minimum absolute atomic E-state index is 0.298. The van der Waals surface area contributed by atoms with E-state index in [0.29, 0.717) is 0 Å². The summed E-state index contributed by atoms with van der Waals surface area (Å²) in [6.45, 7) is 2.15. The zero-order chi connectivity index (χ0) is 13.7. The molecule has 1 aliphatic rings. The van der Waals surface area contributed by atoms with Crippen molar-refractivity contribution in [2.75, 3.05) is 0 Å². The van der Waals surface area contributed by atoms with E-state index in [1.807, 2.05) is 0 Å². The molecule has 0 saturated heterocycles. The standard InChI is InChI=1S/C16H13.CH3.ClH.Zr/c1-12-10-14-8-5-9-15(16(14)11-12)13-6-3-2-4-7-13;;;/h2-11H,1H3;1H3;1H;/q;;;+1/p-1. The summed E-state index contributed by atoms with van der Waals surface area (Å²) >= 11 is -0.298. The number of benzene rings is 2. The van der Waals surface area contributed by atoms with Crippen molar-refractivity contribution in [2.45, 2.75) is 11.6 Å². The van der Waals surface area contributed by atoms with Crippen LogP contribution in [0.15, 0.2) is 54.1 Å². The topological polar surface area (TPSA) is 0 Å². The van der Waals surface area contributed by atoms with Gasteiger partial charge in [-0.15, -0.1) is 0 Å². The van der Waals surface area contributed by atoms with Crippen LogP contribution < -0.4 is 0 Å². The van der Waals surface area contributed by atoms with Crippen molar-refractivity contribution in [3.63, 3.8) is 0 Å². The Morgan fingerprint density at radius 1 is 0.947 bits per heavy atom. The van der Waals surface area contributed by atoms with Gasteiger partial charge in [0.1, 0.15) is 0 Å². The summed E-state index contributed by atoms with van der Waals surface area (Å²) in [6.07, 6.45) is 4.50. The van der Waals surface area contributed by atoms with Crippen LogP contribution in [0.5, 0.6) is 0 Å². The number of hydrogen-bond donors (Lipinski definition) is 0. The number of halogens is 1. The molecule has 2 aromatic rings. The van der Waals surface area contributed by atoms with Crippen molar-refractivity contribution in [1.82, 2.24) is 0 Å². The first-order valence-corrected chi connectivity index (χ1v) is 11.9. The van der Waals surface area contributed by atoms with Gasteiger partial charge in [-0.25, -0.2) is 0 Å². The normalized spacial score (nSPS) is 12.1. The monoisotopic (exact) mass is 345 g/mol. The van der Waals surface area contributed by atoms with Gasteiger partial charge in [-0.2, -0.15) is 0 Å². The van der Waals surface area contributed by atoms with Crippen molar-refractivity contribution >= 4 is 14.6 Å². The van der Waals surface area contributed by atoms with Crippen molar-refractivity contribution in [3.8, 4) is 11.1 Å². The fraction of sp³-hybridized carbons (Fsp3) is 0.118. The van der Waals surface area contributed by atoms with Crippen LogP contribution in [-0.4, -0.2) is 0 Å². The Bertz CT molecular complexity index is 573. The van der Waals surface area contributed by atoms with Crippen LogP contribution in [0.25, 0.3) is 17.2 Å². The van der Waals surface area contributed by atoms with E-state index in [1.54, 1.807) is 0 Å². The number of hydrogen-bond acceptors (Lipinski definition) is 0. The van der Waals surface area contributed by atoms with Gasteiger partial charge in [-0.05, 0) is 29.2 Å². The Morgan fingerprint density at radius 2 is 1.63 bits per heavy atom. The second-order valence-electron chi connectivity index (χ2n) is 4.40. The van der Waals surface area contributed by atoms with Gasteiger partial charge in [-0.3, -0.25) is 0 Å². The van der Waals surface area contributed by atoms with Crippen LogP contribution in [0.3, 0.4) is 0 Å². The van der Waals surface area contributed by atoms with Crippen LogP contribution >= 0.6 is 8.51 Å². The molecule has 0 aromatic heterocycles. The number of rotatable bonds is 1. The Labute approximate surface area is 130 Å². The fourth-order valence-corrected chi connectivity index (χ4v) is 2.25.